The lowest BCUT2D eigenvalue weighted by Gasteiger charge is -2.18. The molecule has 0 saturated carbocycles. The zero-order chi connectivity index (χ0) is 13.1. The van der Waals surface area contributed by atoms with Crippen LogP contribution < -0.4 is 4.74 Å². The lowest BCUT2D eigenvalue weighted by atomic mass is 9.89. The number of aliphatic hydroxyl groups is 1. The monoisotopic (exact) mass is 258 g/mol. The van der Waals surface area contributed by atoms with Gasteiger partial charge in [-0.15, -0.1) is 0 Å². The van der Waals surface area contributed by atoms with Gasteiger partial charge in [0.2, 0.25) is 0 Å². The molecule has 0 aliphatic heterocycles. The lowest BCUT2D eigenvalue weighted by molar-refractivity contribution is 0.350. The Hall–Kier alpha value is -1.37. The quantitative estimate of drug-likeness (QED) is 0.774. The van der Waals surface area contributed by atoms with Crippen LogP contribution in [0, 0.1) is 0 Å². The van der Waals surface area contributed by atoms with Gasteiger partial charge in [-0.25, -0.2) is 0 Å². The van der Waals surface area contributed by atoms with Crippen molar-refractivity contribution in [1.82, 2.24) is 0 Å². The summed E-state index contributed by atoms with van der Waals surface area (Å²) in [7, 11) is -2.03. The van der Waals surface area contributed by atoms with Crippen molar-refractivity contribution < 1.29 is 22.8 Å². The molecule has 1 aromatic carbocycles. The minimum atomic E-state index is -3.67. The number of hydrogen-bond acceptors (Lipinski definition) is 4. The van der Waals surface area contributed by atoms with Crippen molar-refractivity contribution in [2.24, 2.45) is 0 Å². The van der Waals surface area contributed by atoms with Crippen LogP contribution in [-0.4, -0.2) is 38.0 Å². The van der Waals surface area contributed by atoms with Crippen LogP contribution in [0.15, 0.2) is 18.2 Å². The maximum atomic E-state index is 9.19. The SMILES string of the molecule is COc1ccc2c(c1)C(CO)=C2.CS(=O)(=O)O. The Balaban J connectivity index is 0.000000249. The highest BCUT2D eigenvalue weighted by molar-refractivity contribution is 7.85. The van der Waals surface area contributed by atoms with Gasteiger partial charge in [0, 0.05) is 0 Å². The van der Waals surface area contributed by atoms with E-state index in [1.54, 1.807) is 7.11 Å². The summed E-state index contributed by atoms with van der Waals surface area (Å²) < 4.78 is 30.9. The molecule has 1 aromatic rings. The van der Waals surface area contributed by atoms with Crippen molar-refractivity contribution in [2.75, 3.05) is 20.0 Å². The Kier molecular flexibility index (Phi) is 4.28. The third kappa shape index (κ3) is 4.18. The predicted molar refractivity (Wildman–Crippen MR) is 65.4 cm³/mol. The summed E-state index contributed by atoms with van der Waals surface area (Å²) in [5, 5.41) is 8.89. The first-order chi connectivity index (χ1) is 7.85. The fraction of sp³-hybridized carbons (Fsp3) is 0.273. The van der Waals surface area contributed by atoms with Crippen molar-refractivity contribution in [1.29, 1.82) is 0 Å². The molecule has 17 heavy (non-hydrogen) atoms. The molecule has 0 spiro atoms. The minimum Gasteiger partial charge on any atom is -0.497 e. The third-order valence-corrected chi connectivity index (χ3v) is 2.11. The zero-order valence-electron chi connectivity index (χ0n) is 9.54. The average Bonchev–Trinajstić information content (AvgIpc) is 2.18. The molecule has 0 unspecified atom stereocenters. The van der Waals surface area contributed by atoms with E-state index in [1.807, 2.05) is 24.3 Å². The second kappa shape index (κ2) is 5.31. The summed E-state index contributed by atoms with van der Waals surface area (Å²) in [6, 6.07) is 5.86. The van der Waals surface area contributed by atoms with Crippen LogP contribution in [0.25, 0.3) is 11.6 Å². The highest BCUT2D eigenvalue weighted by Crippen LogP contribution is 2.34. The lowest BCUT2D eigenvalue weighted by Crippen LogP contribution is -2.02. The molecule has 0 heterocycles. The summed E-state index contributed by atoms with van der Waals surface area (Å²) in [6.07, 6.45) is 2.70. The first-order valence-electron chi connectivity index (χ1n) is 4.77. The van der Waals surface area contributed by atoms with E-state index in [1.165, 1.54) is 5.56 Å². The van der Waals surface area contributed by atoms with Crippen LogP contribution in [0.3, 0.4) is 0 Å². The summed E-state index contributed by atoms with van der Waals surface area (Å²) >= 11 is 0. The van der Waals surface area contributed by atoms with E-state index >= 15 is 0 Å². The molecule has 94 valence electrons. The minimum absolute atomic E-state index is 0.111. The van der Waals surface area contributed by atoms with Crippen LogP contribution >= 0.6 is 0 Å². The first kappa shape index (κ1) is 13.7. The van der Waals surface area contributed by atoms with Crippen LogP contribution in [0.2, 0.25) is 0 Å². The summed E-state index contributed by atoms with van der Waals surface area (Å²) in [5.74, 6) is 0.841. The fourth-order valence-electron chi connectivity index (χ4n) is 1.38. The van der Waals surface area contributed by atoms with Crippen LogP contribution in [0.4, 0.5) is 0 Å². The van der Waals surface area contributed by atoms with E-state index in [0.29, 0.717) is 6.26 Å². The Morgan fingerprint density at radius 2 is 1.94 bits per heavy atom. The number of aliphatic hydroxyl groups excluding tert-OH is 1. The van der Waals surface area contributed by atoms with Gasteiger partial charge in [-0.3, -0.25) is 4.55 Å². The number of methoxy groups -OCH3 is 1. The van der Waals surface area contributed by atoms with Crippen molar-refractivity contribution in [2.45, 2.75) is 0 Å². The molecule has 1 aliphatic carbocycles. The summed E-state index contributed by atoms with van der Waals surface area (Å²) in [6.45, 7) is 0.111. The van der Waals surface area contributed by atoms with E-state index in [0.717, 1.165) is 16.9 Å². The smallest absolute Gasteiger partial charge is 0.261 e. The van der Waals surface area contributed by atoms with Gasteiger partial charge in [-0.1, -0.05) is 6.07 Å². The number of hydrogen-bond donors (Lipinski definition) is 2. The molecule has 0 bridgehead atoms. The topological polar surface area (TPSA) is 83.8 Å². The van der Waals surface area contributed by atoms with Gasteiger partial charge in [0.1, 0.15) is 5.75 Å². The molecular weight excluding hydrogens is 244 g/mol. The molecule has 0 aromatic heterocycles. The van der Waals surface area contributed by atoms with Crippen molar-refractivity contribution in [3.05, 3.63) is 29.3 Å². The Morgan fingerprint density at radius 1 is 1.35 bits per heavy atom. The van der Waals surface area contributed by atoms with Gasteiger partial charge in [0.15, 0.2) is 0 Å². The normalized spacial score (nSPS) is 12.6. The van der Waals surface area contributed by atoms with E-state index in [2.05, 4.69) is 0 Å². The molecule has 0 saturated heterocycles. The Labute approximate surface area is 100 Å². The molecule has 0 atom stereocenters. The number of benzene rings is 1. The Morgan fingerprint density at radius 3 is 2.41 bits per heavy atom. The maximum absolute atomic E-state index is 9.19. The number of ether oxygens (including phenoxy) is 1. The standard InChI is InChI=1S/C10H10O2.CH4O3S/c1-12-9-3-2-7-4-8(6-11)10(7)5-9;1-5(2,3)4/h2-5,11H,6H2,1H3;1H3,(H,2,3,4). The third-order valence-electron chi connectivity index (χ3n) is 2.11. The molecule has 0 amide bonds. The fourth-order valence-corrected chi connectivity index (χ4v) is 1.38. The average molecular weight is 258 g/mol. The van der Waals surface area contributed by atoms with Crippen LogP contribution in [-0.2, 0) is 10.1 Å². The van der Waals surface area contributed by atoms with Crippen LogP contribution in [0.1, 0.15) is 11.1 Å². The van der Waals surface area contributed by atoms with Gasteiger partial charge in [0.25, 0.3) is 10.1 Å². The van der Waals surface area contributed by atoms with E-state index < -0.39 is 10.1 Å². The van der Waals surface area contributed by atoms with Crippen molar-refractivity contribution in [3.63, 3.8) is 0 Å². The second-order valence-corrected chi connectivity index (χ2v) is 4.98. The molecule has 2 N–H and O–H groups in total. The Bertz CT molecular complexity index is 523. The summed E-state index contributed by atoms with van der Waals surface area (Å²) in [5.41, 5.74) is 3.28. The van der Waals surface area contributed by atoms with Crippen LogP contribution in [0.5, 0.6) is 5.75 Å². The molecule has 0 radical (unpaired) electrons. The van der Waals surface area contributed by atoms with Gasteiger partial charge in [-0.05, 0) is 34.9 Å². The number of fused-ring (bicyclic) bond motifs is 1. The van der Waals surface area contributed by atoms with E-state index in [4.69, 9.17) is 14.4 Å². The van der Waals surface area contributed by atoms with Crippen molar-refractivity contribution in [3.8, 4) is 5.75 Å². The zero-order valence-corrected chi connectivity index (χ0v) is 10.4. The maximum Gasteiger partial charge on any atom is 0.261 e. The summed E-state index contributed by atoms with van der Waals surface area (Å²) in [4.78, 5) is 0. The number of rotatable bonds is 2. The molecule has 6 heteroatoms. The molecule has 0 fully saturated rings. The first-order valence-corrected chi connectivity index (χ1v) is 6.62. The largest absolute Gasteiger partial charge is 0.497 e. The van der Waals surface area contributed by atoms with E-state index in [9.17, 15) is 8.42 Å². The van der Waals surface area contributed by atoms with Gasteiger partial charge < -0.3 is 9.84 Å². The molecular formula is C11H14O5S. The van der Waals surface area contributed by atoms with E-state index in [-0.39, 0.29) is 6.61 Å². The second-order valence-electron chi connectivity index (χ2n) is 3.51. The molecule has 5 nitrogen and oxygen atoms in total. The van der Waals surface area contributed by atoms with Gasteiger partial charge in [-0.2, -0.15) is 8.42 Å². The molecule has 1 aliphatic rings. The predicted octanol–water partition coefficient (Wildman–Crippen LogP) is 1.05. The highest BCUT2D eigenvalue weighted by atomic mass is 32.2. The van der Waals surface area contributed by atoms with Crippen molar-refractivity contribution >= 4 is 21.8 Å². The van der Waals surface area contributed by atoms with Gasteiger partial charge in [0.05, 0.1) is 20.0 Å². The van der Waals surface area contributed by atoms with Gasteiger partial charge >= 0.3 is 0 Å². The molecule has 2 rings (SSSR count). The highest BCUT2D eigenvalue weighted by Gasteiger charge is 2.15.